The SMILES string of the molecule is CC(C)c1ccc(C(N)CNC(=O)CCS(=O)(=O)C2CCCC2)cc1.Cl. The minimum atomic E-state index is -3.15. The van der Waals surface area contributed by atoms with E-state index in [1.807, 2.05) is 12.1 Å². The molecule has 1 atom stereocenters. The van der Waals surface area contributed by atoms with Gasteiger partial charge in [-0.25, -0.2) is 8.42 Å². The average Bonchev–Trinajstić information content (AvgIpc) is 3.13. The molecule has 1 fully saturated rings. The van der Waals surface area contributed by atoms with Crippen LogP contribution < -0.4 is 11.1 Å². The molecule has 1 aromatic carbocycles. The van der Waals surface area contributed by atoms with Crippen LogP contribution in [0.25, 0.3) is 0 Å². The van der Waals surface area contributed by atoms with Crippen molar-refractivity contribution in [3.05, 3.63) is 35.4 Å². The number of amides is 1. The molecule has 1 aliphatic rings. The molecule has 0 heterocycles. The standard InChI is InChI=1S/C19H30N2O3S.ClH/c1-14(2)15-7-9-16(10-8-15)18(20)13-21-19(22)11-12-25(23,24)17-5-3-4-6-17;/h7-10,14,17-18H,3-6,11-13,20H2,1-2H3,(H,21,22);1H. The smallest absolute Gasteiger partial charge is 0.221 e. The number of hydrogen-bond acceptors (Lipinski definition) is 4. The summed E-state index contributed by atoms with van der Waals surface area (Å²) in [5.74, 6) is 0.143. The second kappa shape index (κ2) is 10.3. The summed E-state index contributed by atoms with van der Waals surface area (Å²) < 4.78 is 24.4. The van der Waals surface area contributed by atoms with Gasteiger partial charge in [-0.3, -0.25) is 4.79 Å². The molecular formula is C19H31ClN2O3S. The van der Waals surface area contributed by atoms with E-state index in [1.165, 1.54) is 5.56 Å². The fraction of sp³-hybridized carbons (Fsp3) is 0.632. The zero-order valence-electron chi connectivity index (χ0n) is 15.6. The van der Waals surface area contributed by atoms with Crippen molar-refractivity contribution in [2.75, 3.05) is 12.3 Å². The van der Waals surface area contributed by atoms with Crippen molar-refractivity contribution in [1.29, 1.82) is 0 Å². The summed E-state index contributed by atoms with van der Waals surface area (Å²) in [6.07, 6.45) is 3.43. The van der Waals surface area contributed by atoms with Gasteiger partial charge in [-0.2, -0.15) is 0 Å². The number of carbonyl (C=O) groups excluding carboxylic acids is 1. The number of halogens is 1. The van der Waals surface area contributed by atoms with E-state index in [9.17, 15) is 13.2 Å². The number of hydrogen-bond donors (Lipinski definition) is 2. The van der Waals surface area contributed by atoms with Crippen molar-refractivity contribution in [3.63, 3.8) is 0 Å². The average molecular weight is 403 g/mol. The zero-order chi connectivity index (χ0) is 18.4. The quantitative estimate of drug-likeness (QED) is 0.699. The van der Waals surface area contributed by atoms with Gasteiger partial charge in [0.2, 0.25) is 5.91 Å². The summed E-state index contributed by atoms with van der Waals surface area (Å²) in [7, 11) is -3.15. The number of nitrogens with one attached hydrogen (secondary N) is 1. The van der Waals surface area contributed by atoms with Crippen LogP contribution in [0.3, 0.4) is 0 Å². The van der Waals surface area contributed by atoms with Gasteiger partial charge in [0.05, 0.1) is 11.0 Å². The van der Waals surface area contributed by atoms with Crippen LogP contribution in [0.5, 0.6) is 0 Å². The van der Waals surface area contributed by atoms with Crippen molar-refractivity contribution < 1.29 is 13.2 Å². The highest BCUT2D eigenvalue weighted by Gasteiger charge is 2.28. The highest BCUT2D eigenvalue weighted by Crippen LogP contribution is 2.25. The fourth-order valence-electron chi connectivity index (χ4n) is 3.21. The Morgan fingerprint density at radius 2 is 1.69 bits per heavy atom. The van der Waals surface area contributed by atoms with Crippen LogP contribution in [0.1, 0.15) is 69.0 Å². The Morgan fingerprint density at radius 3 is 2.23 bits per heavy atom. The van der Waals surface area contributed by atoms with Crippen molar-refractivity contribution in [2.45, 2.75) is 63.2 Å². The highest BCUT2D eigenvalue weighted by molar-refractivity contribution is 7.92. The maximum atomic E-state index is 12.2. The molecule has 1 amide bonds. The van der Waals surface area contributed by atoms with E-state index < -0.39 is 9.84 Å². The Hall–Kier alpha value is -1.11. The first-order chi connectivity index (χ1) is 11.8. The molecule has 5 nitrogen and oxygen atoms in total. The van der Waals surface area contributed by atoms with Crippen molar-refractivity contribution in [3.8, 4) is 0 Å². The maximum absolute atomic E-state index is 12.2. The lowest BCUT2D eigenvalue weighted by Crippen LogP contribution is -2.33. The number of rotatable bonds is 8. The van der Waals surface area contributed by atoms with Crippen LogP contribution in [0.2, 0.25) is 0 Å². The zero-order valence-corrected chi connectivity index (χ0v) is 17.2. The molecule has 0 saturated heterocycles. The second-order valence-electron chi connectivity index (χ2n) is 7.26. The van der Waals surface area contributed by atoms with Gasteiger partial charge in [-0.05, 0) is 29.9 Å². The van der Waals surface area contributed by atoms with Crippen LogP contribution in [0.4, 0.5) is 0 Å². The molecule has 1 saturated carbocycles. The van der Waals surface area contributed by atoms with E-state index in [2.05, 4.69) is 31.3 Å². The molecule has 0 aliphatic heterocycles. The Balaban J connectivity index is 0.00000338. The summed E-state index contributed by atoms with van der Waals surface area (Å²) >= 11 is 0. The lowest BCUT2D eigenvalue weighted by Gasteiger charge is -2.15. The van der Waals surface area contributed by atoms with Gasteiger partial charge in [0.25, 0.3) is 0 Å². The first kappa shape index (κ1) is 22.9. The molecule has 148 valence electrons. The van der Waals surface area contributed by atoms with Crippen LogP contribution in [0.15, 0.2) is 24.3 Å². The third kappa shape index (κ3) is 6.56. The van der Waals surface area contributed by atoms with Crippen LogP contribution in [-0.4, -0.2) is 31.9 Å². The van der Waals surface area contributed by atoms with Crippen molar-refractivity contribution in [1.82, 2.24) is 5.32 Å². The Bertz CT molecular complexity index is 669. The summed E-state index contributed by atoms with van der Waals surface area (Å²) in [6, 6.07) is 7.77. The van der Waals surface area contributed by atoms with Gasteiger partial charge < -0.3 is 11.1 Å². The minimum absolute atomic E-state index is 0. The maximum Gasteiger partial charge on any atom is 0.221 e. The molecule has 1 aliphatic carbocycles. The van der Waals surface area contributed by atoms with Crippen LogP contribution >= 0.6 is 12.4 Å². The van der Waals surface area contributed by atoms with E-state index in [1.54, 1.807) is 0 Å². The van der Waals surface area contributed by atoms with Crippen LogP contribution in [-0.2, 0) is 14.6 Å². The van der Waals surface area contributed by atoms with Crippen LogP contribution in [0, 0.1) is 0 Å². The number of carbonyl (C=O) groups is 1. The molecule has 0 radical (unpaired) electrons. The monoisotopic (exact) mass is 402 g/mol. The van der Waals surface area contributed by atoms with E-state index in [-0.39, 0.29) is 41.8 Å². The van der Waals surface area contributed by atoms with E-state index in [0.717, 1.165) is 31.2 Å². The summed E-state index contributed by atoms with van der Waals surface area (Å²) in [5.41, 5.74) is 8.33. The summed E-state index contributed by atoms with van der Waals surface area (Å²) in [4.78, 5) is 12.0. The van der Waals surface area contributed by atoms with Gasteiger partial charge in [-0.15, -0.1) is 12.4 Å². The third-order valence-corrected chi connectivity index (χ3v) is 7.23. The van der Waals surface area contributed by atoms with E-state index in [4.69, 9.17) is 5.73 Å². The second-order valence-corrected chi connectivity index (χ2v) is 9.66. The Kier molecular flexibility index (Phi) is 9.07. The van der Waals surface area contributed by atoms with E-state index in [0.29, 0.717) is 12.5 Å². The molecule has 0 bridgehead atoms. The topological polar surface area (TPSA) is 89.3 Å². The number of sulfone groups is 1. The van der Waals surface area contributed by atoms with Gasteiger partial charge in [0, 0.05) is 19.0 Å². The predicted octanol–water partition coefficient (Wildman–Crippen LogP) is 3.10. The first-order valence-corrected chi connectivity index (χ1v) is 10.8. The highest BCUT2D eigenvalue weighted by atomic mass is 35.5. The fourth-order valence-corrected chi connectivity index (χ4v) is 5.06. The van der Waals surface area contributed by atoms with Gasteiger partial charge in [-0.1, -0.05) is 51.0 Å². The van der Waals surface area contributed by atoms with Gasteiger partial charge in [0.15, 0.2) is 9.84 Å². The van der Waals surface area contributed by atoms with E-state index >= 15 is 0 Å². The molecule has 0 aromatic heterocycles. The molecule has 1 unspecified atom stereocenters. The summed E-state index contributed by atoms with van der Waals surface area (Å²) in [6.45, 7) is 4.58. The van der Waals surface area contributed by atoms with Crippen molar-refractivity contribution >= 4 is 28.2 Å². The number of nitrogens with two attached hydrogens (primary N) is 1. The normalized spacial score (nSPS) is 16.3. The predicted molar refractivity (Wildman–Crippen MR) is 108 cm³/mol. The largest absolute Gasteiger partial charge is 0.354 e. The molecule has 1 aromatic rings. The molecular weight excluding hydrogens is 372 g/mol. The molecule has 3 N–H and O–H groups in total. The minimum Gasteiger partial charge on any atom is -0.354 e. The third-order valence-electron chi connectivity index (χ3n) is 4.97. The Morgan fingerprint density at radius 1 is 1.15 bits per heavy atom. The Labute approximate surface area is 163 Å². The molecule has 7 heteroatoms. The molecule has 2 rings (SSSR count). The lowest BCUT2D eigenvalue weighted by atomic mass is 9.99. The van der Waals surface area contributed by atoms with Gasteiger partial charge >= 0.3 is 0 Å². The molecule has 0 spiro atoms. The van der Waals surface area contributed by atoms with Gasteiger partial charge in [0.1, 0.15) is 0 Å². The number of benzene rings is 1. The summed E-state index contributed by atoms with van der Waals surface area (Å²) in [5, 5.41) is 2.50. The van der Waals surface area contributed by atoms with Crippen molar-refractivity contribution in [2.24, 2.45) is 5.73 Å². The lowest BCUT2D eigenvalue weighted by molar-refractivity contribution is -0.120. The molecule has 26 heavy (non-hydrogen) atoms. The first-order valence-electron chi connectivity index (χ1n) is 9.13.